The zero-order valence-corrected chi connectivity index (χ0v) is 18.6. The van der Waals surface area contributed by atoms with Crippen molar-refractivity contribution < 1.29 is 14.0 Å². The molecule has 0 radical (unpaired) electrons. The van der Waals surface area contributed by atoms with Gasteiger partial charge < -0.3 is 10.2 Å². The Morgan fingerprint density at radius 3 is 2.61 bits per heavy atom. The molecule has 1 saturated heterocycles. The molecule has 0 spiro atoms. The summed E-state index contributed by atoms with van der Waals surface area (Å²) in [6.45, 7) is 2.78. The van der Waals surface area contributed by atoms with Crippen LogP contribution >= 0.6 is 0 Å². The summed E-state index contributed by atoms with van der Waals surface area (Å²) in [5.74, 6) is -0.235. The molecule has 0 bridgehead atoms. The highest BCUT2D eigenvalue weighted by atomic mass is 19.1. The van der Waals surface area contributed by atoms with Crippen molar-refractivity contribution in [3.05, 3.63) is 94.8 Å². The van der Waals surface area contributed by atoms with Crippen molar-refractivity contribution in [2.24, 2.45) is 0 Å². The van der Waals surface area contributed by atoms with Crippen molar-refractivity contribution in [2.45, 2.75) is 45.2 Å². The van der Waals surface area contributed by atoms with Gasteiger partial charge in [-0.1, -0.05) is 48.5 Å². The number of carbonyl (C=O) groups is 2. The van der Waals surface area contributed by atoms with Crippen LogP contribution in [0.1, 0.15) is 58.3 Å². The maximum atomic E-state index is 14.0. The Balaban J connectivity index is 1.47. The van der Waals surface area contributed by atoms with E-state index in [1.165, 1.54) is 12.3 Å². The monoisotopic (exact) mass is 446 g/mol. The van der Waals surface area contributed by atoms with Gasteiger partial charge in [0.05, 0.1) is 23.7 Å². The topological polar surface area (TPSA) is 75.2 Å². The lowest BCUT2D eigenvalue weighted by atomic mass is 9.99. The first-order valence-corrected chi connectivity index (χ1v) is 11.2. The Morgan fingerprint density at radius 2 is 1.85 bits per heavy atom. The quantitative estimate of drug-likeness (QED) is 0.617. The highest BCUT2D eigenvalue weighted by Gasteiger charge is 2.30. The second kappa shape index (κ2) is 10.3. The van der Waals surface area contributed by atoms with Gasteiger partial charge in [-0.2, -0.15) is 0 Å². The number of hydrogen-bond donors (Lipinski definition) is 1. The third-order valence-electron chi connectivity index (χ3n) is 5.96. The van der Waals surface area contributed by atoms with Gasteiger partial charge in [0.15, 0.2) is 5.82 Å². The summed E-state index contributed by atoms with van der Waals surface area (Å²) in [6, 6.07) is 15.7. The Labute approximate surface area is 192 Å². The van der Waals surface area contributed by atoms with E-state index in [4.69, 9.17) is 0 Å². The molecule has 6 nitrogen and oxygen atoms in total. The van der Waals surface area contributed by atoms with Crippen LogP contribution in [-0.2, 0) is 17.8 Å². The van der Waals surface area contributed by atoms with Crippen LogP contribution in [0.5, 0.6) is 0 Å². The van der Waals surface area contributed by atoms with Crippen LogP contribution in [0.15, 0.2) is 60.8 Å². The molecule has 3 aromatic rings. The molecular formula is C26H27FN4O2. The second-order valence-electron chi connectivity index (χ2n) is 8.26. The van der Waals surface area contributed by atoms with Crippen molar-refractivity contribution >= 4 is 11.8 Å². The zero-order chi connectivity index (χ0) is 23.2. The number of benzene rings is 2. The van der Waals surface area contributed by atoms with Crippen LogP contribution in [0.25, 0.3) is 0 Å². The summed E-state index contributed by atoms with van der Waals surface area (Å²) >= 11 is 0. The molecule has 170 valence electrons. The highest BCUT2D eigenvalue weighted by molar-refractivity contribution is 5.94. The average molecular weight is 447 g/mol. The number of hydrogen-bond acceptors (Lipinski definition) is 4. The summed E-state index contributed by atoms with van der Waals surface area (Å²) in [5, 5.41) is 2.90. The molecule has 2 amide bonds. The molecule has 1 N–H and O–H groups in total. The number of aromatic nitrogens is 2. The number of carbonyl (C=O) groups excluding carboxylic acids is 2. The van der Waals surface area contributed by atoms with Crippen molar-refractivity contribution in [1.29, 1.82) is 0 Å². The fourth-order valence-electron chi connectivity index (χ4n) is 4.15. The predicted molar refractivity (Wildman–Crippen MR) is 123 cm³/mol. The number of nitrogens with one attached hydrogen (secondary N) is 1. The number of halogens is 1. The van der Waals surface area contributed by atoms with E-state index in [9.17, 15) is 14.0 Å². The third-order valence-corrected chi connectivity index (χ3v) is 5.96. The highest BCUT2D eigenvalue weighted by Crippen LogP contribution is 2.30. The summed E-state index contributed by atoms with van der Waals surface area (Å²) in [5.41, 5.74) is 2.37. The predicted octanol–water partition coefficient (Wildman–Crippen LogP) is 4.15. The number of likely N-dealkylation sites (tertiary alicyclic amines) is 1. The van der Waals surface area contributed by atoms with Crippen LogP contribution < -0.4 is 5.32 Å². The molecule has 0 aliphatic carbocycles. The molecule has 1 fully saturated rings. The van der Waals surface area contributed by atoms with E-state index in [0.29, 0.717) is 35.7 Å². The normalized spacial score (nSPS) is 15.8. The van der Waals surface area contributed by atoms with E-state index in [-0.39, 0.29) is 30.1 Å². The van der Waals surface area contributed by atoms with Crippen molar-refractivity contribution in [2.75, 3.05) is 6.54 Å². The molecule has 33 heavy (non-hydrogen) atoms. The molecule has 2 aromatic carbocycles. The number of nitrogens with zero attached hydrogens (tertiary/aromatic N) is 3. The van der Waals surface area contributed by atoms with Crippen LogP contribution in [0.2, 0.25) is 0 Å². The van der Waals surface area contributed by atoms with Gasteiger partial charge in [-0.25, -0.2) is 14.4 Å². The lowest BCUT2D eigenvalue weighted by molar-refractivity contribution is -0.134. The summed E-state index contributed by atoms with van der Waals surface area (Å²) in [7, 11) is 0. The summed E-state index contributed by atoms with van der Waals surface area (Å²) in [6.07, 6.45) is 4.12. The lowest BCUT2D eigenvalue weighted by Crippen LogP contribution is -2.40. The minimum atomic E-state index is -0.377. The molecule has 1 aliphatic heterocycles. The van der Waals surface area contributed by atoms with Gasteiger partial charge in [0.2, 0.25) is 5.91 Å². The van der Waals surface area contributed by atoms with E-state index in [1.807, 2.05) is 30.3 Å². The lowest BCUT2D eigenvalue weighted by Gasteiger charge is -2.35. The first-order chi connectivity index (χ1) is 16.0. The Hall–Kier alpha value is -3.61. The standard InChI is InChI=1S/C26H27FN4O2/c1-18-21(26(33)29-16-19-9-3-2-4-10-19)17-28-25(30-18)23-13-7-8-14-31(23)24(32)15-20-11-5-6-12-22(20)27/h2-6,9-12,17,23H,7-8,13-16H2,1H3,(H,29,33)/t23-/m1/s1. The van der Waals surface area contributed by atoms with Crippen LogP contribution in [-0.4, -0.2) is 33.2 Å². The van der Waals surface area contributed by atoms with Crippen molar-refractivity contribution in [1.82, 2.24) is 20.2 Å². The van der Waals surface area contributed by atoms with Gasteiger partial charge >= 0.3 is 0 Å². The van der Waals surface area contributed by atoms with E-state index in [0.717, 1.165) is 24.8 Å². The molecule has 1 atom stereocenters. The molecule has 2 heterocycles. The van der Waals surface area contributed by atoms with Crippen molar-refractivity contribution in [3.8, 4) is 0 Å². The first kappa shape index (κ1) is 22.6. The van der Waals surface area contributed by atoms with Gasteiger partial charge in [0.25, 0.3) is 5.91 Å². The SMILES string of the molecule is Cc1nc([C@H]2CCCCN2C(=O)Cc2ccccc2F)ncc1C(=O)NCc1ccccc1. The van der Waals surface area contributed by atoms with E-state index in [2.05, 4.69) is 15.3 Å². The molecule has 1 aliphatic rings. The fraction of sp³-hybridized carbons (Fsp3) is 0.308. The number of amides is 2. The van der Waals surface area contributed by atoms with Crippen LogP contribution in [0, 0.1) is 12.7 Å². The smallest absolute Gasteiger partial charge is 0.254 e. The van der Waals surface area contributed by atoms with Crippen LogP contribution in [0.3, 0.4) is 0 Å². The van der Waals surface area contributed by atoms with Gasteiger partial charge in [-0.15, -0.1) is 0 Å². The molecule has 4 rings (SSSR count). The maximum Gasteiger partial charge on any atom is 0.254 e. The second-order valence-corrected chi connectivity index (χ2v) is 8.26. The first-order valence-electron chi connectivity index (χ1n) is 11.2. The van der Waals surface area contributed by atoms with Gasteiger partial charge in [0, 0.05) is 19.3 Å². The van der Waals surface area contributed by atoms with Crippen molar-refractivity contribution in [3.63, 3.8) is 0 Å². The van der Waals surface area contributed by atoms with E-state index in [1.54, 1.807) is 30.0 Å². The average Bonchev–Trinajstić information content (AvgIpc) is 2.84. The molecule has 0 unspecified atom stereocenters. The zero-order valence-electron chi connectivity index (χ0n) is 18.6. The Morgan fingerprint density at radius 1 is 1.09 bits per heavy atom. The number of aryl methyl sites for hydroxylation is 1. The molecule has 0 saturated carbocycles. The van der Waals surface area contributed by atoms with Gasteiger partial charge in [0.1, 0.15) is 5.82 Å². The summed E-state index contributed by atoms with van der Waals surface area (Å²) < 4.78 is 14.0. The van der Waals surface area contributed by atoms with E-state index >= 15 is 0 Å². The molecule has 7 heteroatoms. The maximum absolute atomic E-state index is 14.0. The largest absolute Gasteiger partial charge is 0.348 e. The van der Waals surface area contributed by atoms with Gasteiger partial charge in [-0.3, -0.25) is 9.59 Å². The fourth-order valence-corrected chi connectivity index (χ4v) is 4.15. The Kier molecular flexibility index (Phi) is 7.07. The van der Waals surface area contributed by atoms with E-state index < -0.39 is 0 Å². The molecular weight excluding hydrogens is 419 g/mol. The minimum absolute atomic E-state index is 0.00211. The number of piperidine rings is 1. The van der Waals surface area contributed by atoms with Gasteiger partial charge in [-0.05, 0) is 43.4 Å². The third kappa shape index (κ3) is 5.42. The summed E-state index contributed by atoms with van der Waals surface area (Å²) in [4.78, 5) is 36.5. The van der Waals surface area contributed by atoms with Crippen LogP contribution in [0.4, 0.5) is 4.39 Å². The molecule has 1 aromatic heterocycles. The number of rotatable bonds is 6. The Bertz CT molecular complexity index is 1140. The minimum Gasteiger partial charge on any atom is -0.348 e.